The Morgan fingerprint density at radius 1 is 1.17 bits per heavy atom. The molecule has 0 aliphatic heterocycles. The highest BCUT2D eigenvalue weighted by Crippen LogP contribution is 2.30. The van der Waals surface area contributed by atoms with E-state index in [0.29, 0.717) is 5.78 Å². The number of carbonyl (C=O) groups is 1. The summed E-state index contributed by atoms with van der Waals surface area (Å²) in [6.45, 7) is 1.91. The van der Waals surface area contributed by atoms with E-state index in [4.69, 9.17) is 0 Å². The first-order valence-corrected chi connectivity index (χ1v) is 10.7. The van der Waals surface area contributed by atoms with Gasteiger partial charge in [-0.15, -0.1) is 16.4 Å². The Morgan fingerprint density at radius 2 is 2.03 bits per heavy atom. The van der Waals surface area contributed by atoms with E-state index in [-0.39, 0.29) is 17.8 Å². The number of aromatic nitrogens is 4. The molecular weight excluding hydrogens is 382 g/mol. The summed E-state index contributed by atoms with van der Waals surface area (Å²) in [7, 11) is 0. The Hall–Kier alpha value is -3.06. The molecule has 0 radical (unpaired) electrons. The zero-order valence-electron chi connectivity index (χ0n) is 16.1. The predicted octanol–water partition coefficient (Wildman–Crippen LogP) is 3.89. The molecule has 0 spiro atoms. The first-order chi connectivity index (χ1) is 14.2. The van der Waals surface area contributed by atoms with Gasteiger partial charge in [0.05, 0.1) is 6.04 Å². The Balaban J connectivity index is 1.49. The van der Waals surface area contributed by atoms with Crippen LogP contribution < -0.4 is 5.32 Å². The van der Waals surface area contributed by atoms with Crippen molar-refractivity contribution in [3.63, 3.8) is 0 Å². The van der Waals surface area contributed by atoms with Gasteiger partial charge in [-0.1, -0.05) is 24.3 Å². The lowest BCUT2D eigenvalue weighted by Gasteiger charge is -2.21. The van der Waals surface area contributed by atoms with Crippen molar-refractivity contribution >= 4 is 23.0 Å². The number of amides is 1. The van der Waals surface area contributed by atoms with Crippen molar-refractivity contribution in [3.8, 4) is 0 Å². The molecule has 0 saturated carbocycles. The third-order valence-electron chi connectivity index (χ3n) is 5.44. The quantitative estimate of drug-likeness (QED) is 0.561. The molecule has 0 saturated heterocycles. The van der Waals surface area contributed by atoms with Crippen LogP contribution in [-0.2, 0) is 12.8 Å². The molecule has 1 amide bonds. The normalized spacial score (nSPS) is 14.5. The fraction of sp³-hybridized carbons (Fsp3) is 0.273. The van der Waals surface area contributed by atoms with E-state index in [9.17, 15) is 4.79 Å². The monoisotopic (exact) mass is 403 g/mol. The van der Waals surface area contributed by atoms with Crippen molar-refractivity contribution in [1.29, 1.82) is 0 Å². The van der Waals surface area contributed by atoms with Gasteiger partial charge in [-0.25, -0.2) is 9.50 Å². The molecule has 1 aliphatic carbocycles. The molecule has 1 atom stereocenters. The Kier molecular flexibility index (Phi) is 4.60. The second-order valence-electron chi connectivity index (χ2n) is 7.39. The molecular formula is C22H21N5OS. The van der Waals surface area contributed by atoms with Crippen molar-refractivity contribution in [2.45, 2.75) is 38.6 Å². The van der Waals surface area contributed by atoms with Gasteiger partial charge in [0.25, 0.3) is 11.7 Å². The molecule has 3 aromatic heterocycles. The van der Waals surface area contributed by atoms with Gasteiger partial charge < -0.3 is 5.32 Å². The van der Waals surface area contributed by atoms with Crippen molar-refractivity contribution in [1.82, 2.24) is 24.9 Å². The maximum absolute atomic E-state index is 13.0. The molecule has 1 aromatic carbocycles. The van der Waals surface area contributed by atoms with Crippen molar-refractivity contribution in [3.05, 3.63) is 81.1 Å². The number of hydrogen-bond acceptors (Lipinski definition) is 5. The van der Waals surface area contributed by atoms with E-state index >= 15 is 0 Å². The molecule has 3 heterocycles. The lowest BCUT2D eigenvalue weighted by molar-refractivity contribution is 0.0933. The third-order valence-corrected chi connectivity index (χ3v) is 6.38. The molecule has 0 fully saturated rings. The molecule has 1 aliphatic rings. The number of rotatable bonds is 4. The summed E-state index contributed by atoms with van der Waals surface area (Å²) in [5, 5.41) is 9.52. The lowest BCUT2D eigenvalue weighted by Crippen LogP contribution is -2.30. The van der Waals surface area contributed by atoms with Gasteiger partial charge in [-0.05, 0) is 66.8 Å². The van der Waals surface area contributed by atoms with E-state index in [1.165, 1.54) is 24.0 Å². The number of nitrogens with zero attached hydrogens (tertiary/aromatic N) is 4. The van der Waals surface area contributed by atoms with Gasteiger partial charge in [0.15, 0.2) is 0 Å². The van der Waals surface area contributed by atoms with E-state index in [2.05, 4.69) is 44.6 Å². The standard InChI is InChI=1S/C22H21N5OS/c1-14-10-11-23-22-25-20(26-27(14)22)21(28)24-19(18-7-4-12-29-18)17-9-8-15-5-2-3-6-16(15)13-17/h4,7-13,19H,2-3,5-6H2,1H3,(H,24,28). The summed E-state index contributed by atoms with van der Waals surface area (Å²) in [5.41, 5.74) is 4.81. The zero-order chi connectivity index (χ0) is 19.8. The fourth-order valence-corrected chi connectivity index (χ4v) is 4.71. The predicted molar refractivity (Wildman–Crippen MR) is 112 cm³/mol. The highest BCUT2D eigenvalue weighted by atomic mass is 32.1. The van der Waals surface area contributed by atoms with Crippen LogP contribution in [0.3, 0.4) is 0 Å². The minimum absolute atomic E-state index is 0.131. The van der Waals surface area contributed by atoms with Gasteiger partial charge >= 0.3 is 0 Å². The van der Waals surface area contributed by atoms with Crippen molar-refractivity contribution in [2.24, 2.45) is 0 Å². The van der Waals surface area contributed by atoms with Crippen molar-refractivity contribution < 1.29 is 4.79 Å². The Morgan fingerprint density at radius 3 is 2.83 bits per heavy atom. The number of thiophene rings is 1. The van der Waals surface area contributed by atoms with E-state index < -0.39 is 0 Å². The summed E-state index contributed by atoms with van der Waals surface area (Å²) in [5.74, 6) is 0.258. The number of aryl methyl sites for hydroxylation is 3. The first kappa shape index (κ1) is 18.0. The van der Waals surface area contributed by atoms with Crippen LogP contribution in [-0.4, -0.2) is 25.5 Å². The molecule has 6 nitrogen and oxygen atoms in total. The number of fused-ring (bicyclic) bond motifs is 2. The van der Waals surface area contributed by atoms with Crippen LogP contribution in [0.5, 0.6) is 0 Å². The third kappa shape index (κ3) is 3.42. The molecule has 146 valence electrons. The molecule has 1 unspecified atom stereocenters. The van der Waals surface area contributed by atoms with Crippen LogP contribution in [0.25, 0.3) is 5.78 Å². The average molecular weight is 404 g/mol. The topological polar surface area (TPSA) is 72.2 Å². The highest BCUT2D eigenvalue weighted by Gasteiger charge is 2.23. The molecule has 5 rings (SSSR count). The zero-order valence-corrected chi connectivity index (χ0v) is 16.9. The first-order valence-electron chi connectivity index (χ1n) is 9.83. The molecule has 7 heteroatoms. The van der Waals surface area contributed by atoms with E-state index in [1.807, 2.05) is 24.4 Å². The summed E-state index contributed by atoms with van der Waals surface area (Å²) < 4.78 is 1.59. The lowest BCUT2D eigenvalue weighted by atomic mass is 9.89. The maximum atomic E-state index is 13.0. The summed E-state index contributed by atoms with van der Waals surface area (Å²) in [6.07, 6.45) is 6.40. The average Bonchev–Trinajstić information content (AvgIpc) is 3.42. The van der Waals surface area contributed by atoms with Gasteiger partial charge in [-0.3, -0.25) is 4.79 Å². The Bertz CT molecular complexity index is 1180. The van der Waals surface area contributed by atoms with Crippen molar-refractivity contribution in [2.75, 3.05) is 0 Å². The number of hydrogen-bond donors (Lipinski definition) is 1. The highest BCUT2D eigenvalue weighted by molar-refractivity contribution is 7.10. The molecule has 0 bridgehead atoms. The van der Waals surface area contributed by atoms with Gasteiger partial charge in [-0.2, -0.15) is 4.98 Å². The van der Waals surface area contributed by atoms with Crippen LogP contribution in [0.4, 0.5) is 0 Å². The van der Waals surface area contributed by atoms with Crippen LogP contribution in [0.2, 0.25) is 0 Å². The second kappa shape index (κ2) is 7.40. The minimum Gasteiger partial charge on any atom is -0.338 e. The van der Waals surface area contributed by atoms with E-state index in [1.54, 1.807) is 22.0 Å². The van der Waals surface area contributed by atoms with Crippen LogP contribution in [0.1, 0.15) is 56.8 Å². The fourth-order valence-electron chi connectivity index (χ4n) is 3.91. The largest absolute Gasteiger partial charge is 0.338 e. The SMILES string of the molecule is Cc1ccnc2nc(C(=O)NC(c3ccc4c(c3)CCCC4)c3cccs3)nn12. The smallest absolute Gasteiger partial charge is 0.291 e. The van der Waals surface area contributed by atoms with Crippen LogP contribution in [0.15, 0.2) is 48.0 Å². The second-order valence-corrected chi connectivity index (χ2v) is 8.37. The molecule has 29 heavy (non-hydrogen) atoms. The molecule has 1 N–H and O–H groups in total. The van der Waals surface area contributed by atoms with Crippen LogP contribution >= 0.6 is 11.3 Å². The van der Waals surface area contributed by atoms with Gasteiger partial charge in [0.1, 0.15) is 0 Å². The van der Waals surface area contributed by atoms with Gasteiger partial charge in [0, 0.05) is 16.8 Å². The summed E-state index contributed by atoms with van der Waals surface area (Å²) >= 11 is 1.63. The summed E-state index contributed by atoms with van der Waals surface area (Å²) in [6, 6.07) is 12.3. The number of benzene rings is 1. The van der Waals surface area contributed by atoms with E-state index in [0.717, 1.165) is 29.0 Å². The minimum atomic E-state index is -0.300. The number of nitrogens with one attached hydrogen (secondary N) is 1. The maximum Gasteiger partial charge on any atom is 0.291 e. The molecule has 4 aromatic rings. The number of carbonyl (C=O) groups excluding carboxylic acids is 1. The van der Waals surface area contributed by atoms with Crippen LogP contribution in [0, 0.1) is 6.92 Å². The summed E-state index contributed by atoms with van der Waals surface area (Å²) in [4.78, 5) is 22.6. The Labute approximate surface area is 172 Å². The van der Waals surface area contributed by atoms with Gasteiger partial charge in [0.2, 0.25) is 5.82 Å².